The molecule has 3 aromatic rings. The average molecular weight is 367 g/mol. The van der Waals surface area contributed by atoms with Gasteiger partial charge in [-0.3, -0.25) is 4.79 Å². The molecule has 0 amide bonds. The number of carbonyl (C=O) groups is 1. The van der Waals surface area contributed by atoms with Crippen molar-refractivity contribution in [3.05, 3.63) is 35.9 Å². The summed E-state index contributed by atoms with van der Waals surface area (Å²) in [6.07, 6.45) is 0. The zero-order valence-electron chi connectivity index (χ0n) is 15.0. The number of ether oxygens (including phenoxy) is 4. The molecule has 0 saturated carbocycles. The molecule has 27 heavy (non-hydrogen) atoms. The molecule has 0 aliphatic carbocycles. The van der Waals surface area contributed by atoms with E-state index < -0.39 is 0 Å². The van der Waals surface area contributed by atoms with Crippen LogP contribution in [0.5, 0.6) is 23.0 Å². The minimum absolute atomic E-state index is 0.0940. The van der Waals surface area contributed by atoms with Gasteiger partial charge in [0.05, 0.1) is 19.8 Å². The molecule has 138 valence electrons. The van der Waals surface area contributed by atoms with E-state index in [0.29, 0.717) is 39.9 Å². The molecule has 1 aliphatic rings. The molecular formula is C19H17N3O5. The van der Waals surface area contributed by atoms with E-state index in [9.17, 15) is 4.79 Å². The SMILES string of the molecule is COc1ccc(-c2n[nH]nc2-c2cc(OC)c3c(c2)OCO3)cc1C(C)=O. The van der Waals surface area contributed by atoms with Gasteiger partial charge >= 0.3 is 0 Å². The van der Waals surface area contributed by atoms with Crippen molar-refractivity contribution < 1.29 is 23.7 Å². The van der Waals surface area contributed by atoms with Crippen LogP contribution >= 0.6 is 0 Å². The van der Waals surface area contributed by atoms with Crippen LogP contribution in [0, 0.1) is 0 Å². The fraction of sp³-hybridized carbons (Fsp3) is 0.211. The topological polar surface area (TPSA) is 95.6 Å². The minimum Gasteiger partial charge on any atom is -0.496 e. The maximum Gasteiger partial charge on any atom is 0.231 e. The average Bonchev–Trinajstić information content (AvgIpc) is 3.35. The van der Waals surface area contributed by atoms with Gasteiger partial charge in [0.15, 0.2) is 17.3 Å². The number of nitrogens with zero attached hydrogens (tertiary/aromatic N) is 2. The van der Waals surface area contributed by atoms with Crippen LogP contribution in [0.3, 0.4) is 0 Å². The number of fused-ring (bicyclic) bond motifs is 1. The highest BCUT2D eigenvalue weighted by Gasteiger charge is 2.23. The predicted octanol–water partition coefficient (Wildman–Crippen LogP) is 3.09. The normalized spacial score (nSPS) is 12.1. The molecule has 2 aromatic carbocycles. The Morgan fingerprint density at radius 1 is 1.00 bits per heavy atom. The second-order valence-electron chi connectivity index (χ2n) is 5.90. The minimum atomic E-state index is -0.0940. The number of ketones is 1. The maximum absolute atomic E-state index is 11.9. The smallest absolute Gasteiger partial charge is 0.231 e. The van der Waals surface area contributed by atoms with Crippen molar-refractivity contribution in [2.45, 2.75) is 6.92 Å². The van der Waals surface area contributed by atoms with Crippen LogP contribution in [0.15, 0.2) is 30.3 Å². The maximum atomic E-state index is 11.9. The first-order valence-electron chi connectivity index (χ1n) is 8.20. The lowest BCUT2D eigenvalue weighted by Gasteiger charge is -2.09. The van der Waals surface area contributed by atoms with Crippen LogP contribution in [0.25, 0.3) is 22.5 Å². The monoisotopic (exact) mass is 367 g/mol. The summed E-state index contributed by atoms with van der Waals surface area (Å²) >= 11 is 0. The number of aromatic amines is 1. The van der Waals surface area contributed by atoms with Crippen molar-refractivity contribution in [3.63, 3.8) is 0 Å². The molecule has 1 aromatic heterocycles. The summed E-state index contributed by atoms with van der Waals surface area (Å²) in [5.74, 6) is 2.12. The Labute approximate surface area is 155 Å². The van der Waals surface area contributed by atoms with E-state index in [2.05, 4.69) is 15.4 Å². The molecule has 0 unspecified atom stereocenters. The van der Waals surface area contributed by atoms with Crippen LogP contribution in [-0.2, 0) is 0 Å². The van der Waals surface area contributed by atoms with Gasteiger partial charge in [-0.05, 0) is 37.3 Å². The van der Waals surface area contributed by atoms with Gasteiger partial charge in [-0.1, -0.05) is 0 Å². The van der Waals surface area contributed by atoms with Gasteiger partial charge in [0.1, 0.15) is 17.1 Å². The number of hydrogen-bond acceptors (Lipinski definition) is 7. The van der Waals surface area contributed by atoms with E-state index in [-0.39, 0.29) is 12.6 Å². The molecule has 0 spiro atoms. The summed E-state index contributed by atoms with van der Waals surface area (Å²) in [6.45, 7) is 1.63. The number of H-pyrrole nitrogens is 1. The number of Topliss-reactive ketones (excluding diaryl/α,β-unsaturated/α-hetero) is 1. The van der Waals surface area contributed by atoms with Gasteiger partial charge in [0, 0.05) is 11.1 Å². The summed E-state index contributed by atoms with van der Waals surface area (Å²) in [5.41, 5.74) is 3.17. The zero-order chi connectivity index (χ0) is 19.0. The number of nitrogens with one attached hydrogen (secondary N) is 1. The van der Waals surface area contributed by atoms with E-state index in [1.54, 1.807) is 19.2 Å². The van der Waals surface area contributed by atoms with Crippen LogP contribution < -0.4 is 18.9 Å². The molecular weight excluding hydrogens is 350 g/mol. The molecule has 2 heterocycles. The summed E-state index contributed by atoms with van der Waals surface area (Å²) in [5, 5.41) is 11.2. The summed E-state index contributed by atoms with van der Waals surface area (Å²) in [4.78, 5) is 11.9. The third-order valence-corrected chi connectivity index (χ3v) is 4.33. The van der Waals surface area contributed by atoms with Crippen molar-refractivity contribution in [2.75, 3.05) is 21.0 Å². The van der Waals surface area contributed by atoms with E-state index in [4.69, 9.17) is 18.9 Å². The molecule has 8 nitrogen and oxygen atoms in total. The highest BCUT2D eigenvalue weighted by atomic mass is 16.7. The molecule has 0 atom stereocenters. The second kappa shape index (κ2) is 6.64. The fourth-order valence-corrected chi connectivity index (χ4v) is 3.03. The Morgan fingerprint density at radius 2 is 1.74 bits per heavy atom. The number of rotatable bonds is 5. The standard InChI is InChI=1S/C19H17N3O5/c1-10(23)13-6-11(4-5-14(13)24-2)17-18(21-22-20-17)12-7-15(25-3)19-16(8-12)26-9-27-19/h4-8H,9H2,1-3H3,(H,20,21,22). The van der Waals surface area contributed by atoms with Gasteiger partial charge in [-0.25, -0.2) is 0 Å². The van der Waals surface area contributed by atoms with Crippen molar-refractivity contribution in [2.24, 2.45) is 0 Å². The van der Waals surface area contributed by atoms with Gasteiger partial charge in [-0.15, -0.1) is 0 Å². The first kappa shape index (κ1) is 16.9. The summed E-state index contributed by atoms with van der Waals surface area (Å²) in [6, 6.07) is 8.94. The molecule has 0 saturated heterocycles. The first-order chi connectivity index (χ1) is 13.1. The van der Waals surface area contributed by atoms with Crippen molar-refractivity contribution in [1.82, 2.24) is 15.4 Å². The number of carbonyl (C=O) groups excluding carboxylic acids is 1. The molecule has 0 bridgehead atoms. The van der Waals surface area contributed by atoms with E-state index in [1.165, 1.54) is 14.0 Å². The largest absolute Gasteiger partial charge is 0.496 e. The van der Waals surface area contributed by atoms with Crippen molar-refractivity contribution >= 4 is 5.78 Å². The molecule has 4 rings (SSSR count). The third kappa shape index (κ3) is 2.84. The van der Waals surface area contributed by atoms with Crippen LogP contribution in [0.4, 0.5) is 0 Å². The lowest BCUT2D eigenvalue weighted by Crippen LogP contribution is -1.98. The number of hydrogen-bond donors (Lipinski definition) is 1. The molecule has 1 aliphatic heterocycles. The van der Waals surface area contributed by atoms with Crippen LogP contribution in [-0.4, -0.2) is 42.2 Å². The Morgan fingerprint density at radius 3 is 2.44 bits per heavy atom. The van der Waals surface area contributed by atoms with Crippen LogP contribution in [0.2, 0.25) is 0 Å². The number of methoxy groups -OCH3 is 2. The van der Waals surface area contributed by atoms with Gasteiger partial charge in [0.2, 0.25) is 12.5 Å². The number of aromatic nitrogens is 3. The van der Waals surface area contributed by atoms with Gasteiger partial charge < -0.3 is 18.9 Å². The molecule has 0 fully saturated rings. The highest BCUT2D eigenvalue weighted by Crippen LogP contribution is 2.45. The lowest BCUT2D eigenvalue weighted by molar-refractivity contribution is 0.101. The molecule has 1 N–H and O–H groups in total. The van der Waals surface area contributed by atoms with E-state index >= 15 is 0 Å². The Bertz CT molecular complexity index is 1030. The summed E-state index contributed by atoms with van der Waals surface area (Å²) < 4.78 is 21.6. The van der Waals surface area contributed by atoms with Gasteiger partial charge in [-0.2, -0.15) is 15.4 Å². The first-order valence-corrected chi connectivity index (χ1v) is 8.20. The van der Waals surface area contributed by atoms with Crippen LogP contribution in [0.1, 0.15) is 17.3 Å². The molecule has 8 heteroatoms. The van der Waals surface area contributed by atoms with E-state index in [0.717, 1.165) is 11.1 Å². The predicted molar refractivity (Wildman–Crippen MR) is 96.5 cm³/mol. The summed E-state index contributed by atoms with van der Waals surface area (Å²) in [7, 11) is 3.09. The Hall–Kier alpha value is -3.55. The van der Waals surface area contributed by atoms with E-state index in [1.807, 2.05) is 18.2 Å². The van der Waals surface area contributed by atoms with Gasteiger partial charge in [0.25, 0.3) is 0 Å². The zero-order valence-corrected chi connectivity index (χ0v) is 15.0. The highest BCUT2D eigenvalue weighted by molar-refractivity contribution is 5.98. The Balaban J connectivity index is 1.83. The molecule has 0 radical (unpaired) electrons. The quantitative estimate of drug-likeness (QED) is 0.692. The van der Waals surface area contributed by atoms with Crippen molar-refractivity contribution in [3.8, 4) is 45.5 Å². The fourth-order valence-electron chi connectivity index (χ4n) is 3.03. The second-order valence-corrected chi connectivity index (χ2v) is 5.90. The van der Waals surface area contributed by atoms with Crippen molar-refractivity contribution in [1.29, 1.82) is 0 Å². The Kier molecular flexibility index (Phi) is 4.15. The lowest BCUT2D eigenvalue weighted by atomic mass is 10.0. The number of benzene rings is 2. The third-order valence-electron chi connectivity index (χ3n) is 4.33.